The SMILES string of the molecule is COc1ccc(CNCC(=O)N2CCN(c3cccc(C)c3C)CC2)cc1OC. The summed E-state index contributed by atoms with van der Waals surface area (Å²) in [6, 6.07) is 12.2. The topological polar surface area (TPSA) is 54.0 Å². The normalized spacial score (nSPS) is 14.1. The van der Waals surface area contributed by atoms with Crippen LogP contribution in [0.5, 0.6) is 11.5 Å². The number of methoxy groups -OCH3 is 2. The monoisotopic (exact) mass is 397 g/mol. The predicted octanol–water partition coefficient (Wildman–Crippen LogP) is 2.76. The number of hydrogen-bond acceptors (Lipinski definition) is 5. The van der Waals surface area contributed by atoms with Crippen LogP contribution in [0, 0.1) is 13.8 Å². The molecule has 1 amide bonds. The third-order valence-corrected chi connectivity index (χ3v) is 5.60. The number of carbonyl (C=O) groups excluding carboxylic acids is 1. The molecular weight excluding hydrogens is 366 g/mol. The Labute approximate surface area is 173 Å². The highest BCUT2D eigenvalue weighted by molar-refractivity contribution is 5.78. The van der Waals surface area contributed by atoms with Crippen molar-refractivity contribution in [3.8, 4) is 11.5 Å². The van der Waals surface area contributed by atoms with E-state index in [1.807, 2.05) is 23.1 Å². The van der Waals surface area contributed by atoms with Crippen LogP contribution in [0.3, 0.4) is 0 Å². The Kier molecular flexibility index (Phi) is 6.99. The van der Waals surface area contributed by atoms with Gasteiger partial charge >= 0.3 is 0 Å². The Bertz CT molecular complexity index is 845. The fourth-order valence-corrected chi connectivity index (χ4v) is 3.69. The number of anilines is 1. The van der Waals surface area contributed by atoms with Crippen LogP contribution < -0.4 is 19.7 Å². The summed E-state index contributed by atoms with van der Waals surface area (Å²) < 4.78 is 10.6. The summed E-state index contributed by atoms with van der Waals surface area (Å²) in [6.45, 7) is 8.49. The van der Waals surface area contributed by atoms with Gasteiger partial charge in [-0.3, -0.25) is 4.79 Å². The van der Waals surface area contributed by atoms with Gasteiger partial charge in [-0.2, -0.15) is 0 Å². The summed E-state index contributed by atoms with van der Waals surface area (Å²) in [5.41, 5.74) is 4.96. The highest BCUT2D eigenvalue weighted by Crippen LogP contribution is 2.27. The molecule has 2 aromatic carbocycles. The van der Waals surface area contributed by atoms with Crippen LogP contribution in [0.1, 0.15) is 16.7 Å². The molecule has 1 N–H and O–H groups in total. The zero-order valence-electron chi connectivity index (χ0n) is 17.8. The van der Waals surface area contributed by atoms with Gasteiger partial charge in [0.05, 0.1) is 20.8 Å². The second-order valence-electron chi connectivity index (χ2n) is 7.38. The van der Waals surface area contributed by atoms with Crippen LogP contribution in [-0.4, -0.2) is 57.8 Å². The van der Waals surface area contributed by atoms with Crippen LogP contribution in [0.15, 0.2) is 36.4 Å². The lowest BCUT2D eigenvalue weighted by Gasteiger charge is -2.37. The van der Waals surface area contributed by atoms with Crippen molar-refractivity contribution in [1.82, 2.24) is 10.2 Å². The molecule has 1 aliphatic rings. The smallest absolute Gasteiger partial charge is 0.236 e. The van der Waals surface area contributed by atoms with Gasteiger partial charge in [0.25, 0.3) is 0 Å². The number of nitrogens with one attached hydrogen (secondary N) is 1. The molecule has 6 heteroatoms. The Hall–Kier alpha value is -2.73. The van der Waals surface area contributed by atoms with Crippen molar-refractivity contribution >= 4 is 11.6 Å². The summed E-state index contributed by atoms with van der Waals surface area (Å²) in [5.74, 6) is 1.54. The molecule has 1 saturated heterocycles. The zero-order valence-corrected chi connectivity index (χ0v) is 17.8. The van der Waals surface area contributed by atoms with Crippen molar-refractivity contribution in [2.24, 2.45) is 0 Å². The van der Waals surface area contributed by atoms with Crippen LogP contribution in [-0.2, 0) is 11.3 Å². The zero-order chi connectivity index (χ0) is 20.8. The number of benzene rings is 2. The van der Waals surface area contributed by atoms with E-state index in [-0.39, 0.29) is 5.91 Å². The van der Waals surface area contributed by atoms with E-state index in [2.05, 4.69) is 42.3 Å². The fourth-order valence-electron chi connectivity index (χ4n) is 3.69. The standard InChI is InChI=1S/C23H31N3O3/c1-17-6-5-7-20(18(17)2)25-10-12-26(13-11-25)23(27)16-24-15-19-8-9-21(28-3)22(14-19)29-4/h5-9,14,24H,10-13,15-16H2,1-4H3. The van der Waals surface area contributed by atoms with Crippen molar-refractivity contribution < 1.29 is 14.3 Å². The van der Waals surface area contributed by atoms with E-state index in [4.69, 9.17) is 9.47 Å². The molecule has 1 fully saturated rings. The number of rotatable bonds is 7. The van der Waals surface area contributed by atoms with E-state index in [1.54, 1.807) is 14.2 Å². The quantitative estimate of drug-likeness (QED) is 0.779. The van der Waals surface area contributed by atoms with E-state index in [0.29, 0.717) is 24.6 Å². The highest BCUT2D eigenvalue weighted by atomic mass is 16.5. The number of aryl methyl sites for hydroxylation is 1. The molecule has 0 unspecified atom stereocenters. The predicted molar refractivity (Wildman–Crippen MR) is 116 cm³/mol. The summed E-state index contributed by atoms with van der Waals surface area (Å²) >= 11 is 0. The van der Waals surface area contributed by atoms with Gasteiger partial charge in [0.1, 0.15) is 0 Å². The van der Waals surface area contributed by atoms with E-state index < -0.39 is 0 Å². The molecule has 0 radical (unpaired) electrons. The molecule has 0 spiro atoms. The molecule has 0 atom stereocenters. The van der Waals surface area contributed by atoms with Crippen molar-refractivity contribution in [1.29, 1.82) is 0 Å². The molecular formula is C23H31N3O3. The Morgan fingerprint density at radius 1 is 1.00 bits per heavy atom. The fraction of sp³-hybridized carbons (Fsp3) is 0.435. The average molecular weight is 398 g/mol. The molecule has 2 aromatic rings. The van der Waals surface area contributed by atoms with Gasteiger partial charge < -0.3 is 24.6 Å². The first kappa shape index (κ1) is 21.0. The molecule has 29 heavy (non-hydrogen) atoms. The minimum atomic E-state index is 0.145. The van der Waals surface area contributed by atoms with Gasteiger partial charge in [-0.1, -0.05) is 18.2 Å². The van der Waals surface area contributed by atoms with Crippen LogP contribution in [0.25, 0.3) is 0 Å². The molecule has 1 heterocycles. The third-order valence-electron chi connectivity index (χ3n) is 5.60. The molecule has 156 valence electrons. The summed E-state index contributed by atoms with van der Waals surface area (Å²) in [4.78, 5) is 16.9. The summed E-state index contributed by atoms with van der Waals surface area (Å²) in [7, 11) is 3.24. The van der Waals surface area contributed by atoms with E-state index in [0.717, 1.165) is 31.7 Å². The summed E-state index contributed by atoms with van der Waals surface area (Å²) in [5, 5.41) is 3.25. The van der Waals surface area contributed by atoms with Gasteiger partial charge in [0, 0.05) is 38.4 Å². The molecule has 0 saturated carbocycles. The Morgan fingerprint density at radius 2 is 1.72 bits per heavy atom. The van der Waals surface area contributed by atoms with E-state index >= 15 is 0 Å². The molecule has 3 rings (SSSR count). The van der Waals surface area contributed by atoms with Gasteiger partial charge in [0.15, 0.2) is 11.5 Å². The lowest BCUT2D eigenvalue weighted by molar-refractivity contribution is -0.130. The number of piperazine rings is 1. The van der Waals surface area contributed by atoms with Gasteiger partial charge in [0.2, 0.25) is 5.91 Å². The van der Waals surface area contributed by atoms with Crippen molar-refractivity contribution in [3.05, 3.63) is 53.1 Å². The van der Waals surface area contributed by atoms with Gasteiger partial charge in [-0.25, -0.2) is 0 Å². The number of hydrogen-bond donors (Lipinski definition) is 1. The molecule has 1 aliphatic heterocycles. The molecule has 6 nitrogen and oxygen atoms in total. The third kappa shape index (κ3) is 5.01. The number of ether oxygens (including phenoxy) is 2. The average Bonchev–Trinajstić information content (AvgIpc) is 2.75. The minimum absolute atomic E-state index is 0.145. The first-order valence-corrected chi connectivity index (χ1v) is 10.0. The lowest BCUT2D eigenvalue weighted by Crippen LogP contribution is -2.51. The van der Waals surface area contributed by atoms with E-state index in [1.165, 1.54) is 16.8 Å². The number of nitrogens with zero attached hydrogens (tertiary/aromatic N) is 2. The Balaban J connectivity index is 1.47. The maximum Gasteiger partial charge on any atom is 0.236 e. The van der Waals surface area contributed by atoms with Crippen LogP contribution in [0.4, 0.5) is 5.69 Å². The maximum absolute atomic E-state index is 12.6. The van der Waals surface area contributed by atoms with E-state index in [9.17, 15) is 4.79 Å². The molecule has 0 aromatic heterocycles. The van der Waals surface area contributed by atoms with Crippen molar-refractivity contribution in [2.75, 3.05) is 51.8 Å². The largest absolute Gasteiger partial charge is 0.493 e. The van der Waals surface area contributed by atoms with Crippen LogP contribution >= 0.6 is 0 Å². The second-order valence-corrected chi connectivity index (χ2v) is 7.38. The minimum Gasteiger partial charge on any atom is -0.493 e. The molecule has 0 bridgehead atoms. The maximum atomic E-state index is 12.6. The Morgan fingerprint density at radius 3 is 2.41 bits per heavy atom. The number of carbonyl (C=O) groups is 1. The first-order valence-electron chi connectivity index (χ1n) is 10.0. The summed E-state index contributed by atoms with van der Waals surface area (Å²) in [6.07, 6.45) is 0. The molecule has 0 aliphatic carbocycles. The first-order chi connectivity index (χ1) is 14.0. The lowest BCUT2D eigenvalue weighted by atomic mass is 10.1. The van der Waals surface area contributed by atoms with Crippen molar-refractivity contribution in [3.63, 3.8) is 0 Å². The number of amides is 1. The van der Waals surface area contributed by atoms with Gasteiger partial charge in [-0.05, 0) is 48.7 Å². The second kappa shape index (κ2) is 9.65. The van der Waals surface area contributed by atoms with Crippen LogP contribution in [0.2, 0.25) is 0 Å². The highest BCUT2D eigenvalue weighted by Gasteiger charge is 2.22. The van der Waals surface area contributed by atoms with Crippen molar-refractivity contribution in [2.45, 2.75) is 20.4 Å². The van der Waals surface area contributed by atoms with Gasteiger partial charge in [-0.15, -0.1) is 0 Å².